The second kappa shape index (κ2) is 11.3. The van der Waals surface area contributed by atoms with Crippen LogP contribution in [0.5, 0.6) is 5.88 Å². The molecule has 1 N–H and O–H groups in total. The number of ether oxygens (including phenoxy) is 1. The fraction of sp³-hybridized carbons (Fsp3) is 0.310. The summed E-state index contributed by atoms with van der Waals surface area (Å²) in [5.41, 5.74) is 0.320. The number of hydrogen-bond donors (Lipinski definition) is 1. The minimum atomic E-state index is -4.80. The zero-order chi connectivity index (χ0) is 28.3. The summed E-state index contributed by atoms with van der Waals surface area (Å²) in [6, 6.07) is 12.0. The SMILES string of the molecule is COc1cc(C(F)(F)F)c(C(=O)Nc2cc(C#Cc3ccc(F)cc3)ccc2N2C[C@@H](C)N(C)[C@@H](C)C2)cn1. The van der Waals surface area contributed by atoms with E-state index in [2.05, 4.69) is 45.8 Å². The zero-order valence-electron chi connectivity index (χ0n) is 21.9. The first-order chi connectivity index (χ1) is 18.5. The number of aromatic nitrogens is 1. The van der Waals surface area contributed by atoms with Crippen LogP contribution in [0, 0.1) is 17.7 Å². The molecule has 2 aromatic carbocycles. The second-order valence-electron chi connectivity index (χ2n) is 9.48. The van der Waals surface area contributed by atoms with Crippen molar-refractivity contribution >= 4 is 17.3 Å². The maximum Gasteiger partial charge on any atom is 0.417 e. The van der Waals surface area contributed by atoms with Crippen LogP contribution in [0.15, 0.2) is 54.7 Å². The number of nitrogens with one attached hydrogen (secondary N) is 1. The summed E-state index contributed by atoms with van der Waals surface area (Å²) in [6.07, 6.45) is -3.94. The molecule has 39 heavy (non-hydrogen) atoms. The summed E-state index contributed by atoms with van der Waals surface area (Å²) in [5.74, 6) is 4.33. The maximum absolute atomic E-state index is 13.8. The van der Waals surface area contributed by atoms with Crippen molar-refractivity contribution < 1.29 is 27.1 Å². The number of nitrogens with zero attached hydrogens (tertiary/aromatic N) is 3. The van der Waals surface area contributed by atoms with Crippen LogP contribution in [0.4, 0.5) is 28.9 Å². The molecule has 2 atom stereocenters. The number of amides is 1. The van der Waals surface area contributed by atoms with E-state index in [0.29, 0.717) is 41.7 Å². The molecule has 0 saturated carbocycles. The average molecular weight is 541 g/mol. The Balaban J connectivity index is 1.73. The van der Waals surface area contributed by atoms with Crippen molar-refractivity contribution in [2.45, 2.75) is 32.1 Å². The van der Waals surface area contributed by atoms with Gasteiger partial charge < -0.3 is 15.0 Å². The van der Waals surface area contributed by atoms with Crippen molar-refractivity contribution in [1.29, 1.82) is 0 Å². The largest absolute Gasteiger partial charge is 0.481 e. The van der Waals surface area contributed by atoms with E-state index in [1.807, 2.05) is 7.05 Å². The van der Waals surface area contributed by atoms with Gasteiger partial charge in [-0.3, -0.25) is 9.69 Å². The van der Waals surface area contributed by atoms with E-state index in [4.69, 9.17) is 4.74 Å². The van der Waals surface area contributed by atoms with E-state index in [0.717, 1.165) is 6.20 Å². The Bertz CT molecular complexity index is 1400. The molecule has 3 aromatic rings. The Morgan fingerprint density at radius 1 is 1.03 bits per heavy atom. The van der Waals surface area contributed by atoms with E-state index >= 15 is 0 Å². The Morgan fingerprint density at radius 3 is 2.26 bits per heavy atom. The second-order valence-corrected chi connectivity index (χ2v) is 9.48. The molecule has 10 heteroatoms. The monoisotopic (exact) mass is 540 g/mol. The lowest BCUT2D eigenvalue weighted by atomic mass is 10.1. The van der Waals surface area contributed by atoms with Crippen LogP contribution in [0.25, 0.3) is 0 Å². The molecular weight excluding hydrogens is 512 g/mol. The van der Waals surface area contributed by atoms with Gasteiger partial charge in [-0.2, -0.15) is 13.2 Å². The van der Waals surface area contributed by atoms with Gasteiger partial charge in [-0.15, -0.1) is 0 Å². The Morgan fingerprint density at radius 2 is 1.64 bits per heavy atom. The van der Waals surface area contributed by atoms with Crippen molar-refractivity contribution in [2.24, 2.45) is 0 Å². The molecule has 204 valence electrons. The summed E-state index contributed by atoms with van der Waals surface area (Å²) in [4.78, 5) is 21.4. The van der Waals surface area contributed by atoms with Crippen LogP contribution >= 0.6 is 0 Å². The van der Waals surface area contributed by atoms with Gasteiger partial charge in [-0.1, -0.05) is 11.8 Å². The van der Waals surface area contributed by atoms with Gasteiger partial charge in [-0.25, -0.2) is 9.37 Å². The van der Waals surface area contributed by atoms with Crippen molar-refractivity contribution in [1.82, 2.24) is 9.88 Å². The molecule has 2 heterocycles. The van der Waals surface area contributed by atoms with E-state index in [9.17, 15) is 22.4 Å². The number of anilines is 2. The quantitative estimate of drug-likeness (QED) is 0.354. The van der Waals surface area contributed by atoms with Crippen LogP contribution < -0.4 is 15.0 Å². The van der Waals surface area contributed by atoms with Gasteiger partial charge in [0.15, 0.2) is 0 Å². The third-order valence-electron chi connectivity index (χ3n) is 6.78. The summed E-state index contributed by atoms with van der Waals surface area (Å²) in [5, 5.41) is 2.67. The molecule has 1 aliphatic rings. The van der Waals surface area contributed by atoms with Gasteiger partial charge in [0.2, 0.25) is 5.88 Å². The van der Waals surface area contributed by atoms with Crippen LogP contribution in [0.1, 0.15) is 40.9 Å². The zero-order valence-corrected chi connectivity index (χ0v) is 21.9. The minimum Gasteiger partial charge on any atom is -0.481 e. The first-order valence-corrected chi connectivity index (χ1v) is 12.3. The number of carbonyl (C=O) groups excluding carboxylic acids is 1. The van der Waals surface area contributed by atoms with Crippen molar-refractivity contribution in [3.8, 4) is 17.7 Å². The number of alkyl halides is 3. The van der Waals surface area contributed by atoms with Crippen LogP contribution in [-0.2, 0) is 6.18 Å². The first-order valence-electron chi connectivity index (χ1n) is 12.3. The lowest BCUT2D eigenvalue weighted by Gasteiger charge is -2.44. The summed E-state index contributed by atoms with van der Waals surface area (Å²) < 4.78 is 59.4. The molecule has 6 nitrogen and oxygen atoms in total. The molecule has 0 radical (unpaired) electrons. The predicted octanol–water partition coefficient (Wildman–Crippen LogP) is 5.43. The Hall–Kier alpha value is -4.10. The molecular formula is C29H28F4N4O2. The molecule has 1 aliphatic heterocycles. The molecule has 1 amide bonds. The summed E-state index contributed by atoms with van der Waals surface area (Å²) in [7, 11) is 3.24. The van der Waals surface area contributed by atoms with Crippen molar-refractivity contribution in [3.05, 3.63) is 82.8 Å². The van der Waals surface area contributed by atoms with E-state index in [1.165, 1.54) is 19.2 Å². The minimum absolute atomic E-state index is 0.206. The van der Waals surface area contributed by atoms with Gasteiger partial charge in [-0.05, 0) is 63.4 Å². The topological polar surface area (TPSA) is 57.7 Å². The molecule has 1 fully saturated rings. The number of methoxy groups -OCH3 is 1. The highest BCUT2D eigenvalue weighted by Crippen LogP contribution is 2.35. The predicted molar refractivity (Wildman–Crippen MR) is 141 cm³/mol. The van der Waals surface area contributed by atoms with Crippen LogP contribution in [0.2, 0.25) is 0 Å². The number of benzene rings is 2. The van der Waals surface area contributed by atoms with Gasteiger partial charge in [0.1, 0.15) is 5.82 Å². The fourth-order valence-corrected chi connectivity index (χ4v) is 4.42. The third kappa shape index (κ3) is 6.49. The van der Waals surface area contributed by atoms with Gasteiger partial charge in [0.05, 0.1) is 29.6 Å². The number of likely N-dealkylation sites (N-methyl/N-ethyl adjacent to an activating group) is 1. The number of rotatable bonds is 4. The lowest BCUT2D eigenvalue weighted by molar-refractivity contribution is -0.138. The van der Waals surface area contributed by atoms with E-state index < -0.39 is 23.2 Å². The Kier molecular flexibility index (Phi) is 8.11. The molecule has 1 saturated heterocycles. The van der Waals surface area contributed by atoms with Crippen LogP contribution in [-0.4, -0.2) is 55.1 Å². The molecule has 0 bridgehead atoms. The molecule has 4 rings (SSSR count). The highest BCUT2D eigenvalue weighted by molar-refractivity contribution is 6.07. The highest BCUT2D eigenvalue weighted by Gasteiger charge is 2.36. The van der Waals surface area contributed by atoms with Gasteiger partial charge in [0, 0.05) is 48.6 Å². The van der Waals surface area contributed by atoms with Gasteiger partial charge >= 0.3 is 6.18 Å². The number of carbonyl (C=O) groups is 1. The fourth-order valence-electron chi connectivity index (χ4n) is 4.42. The van der Waals surface area contributed by atoms with Crippen LogP contribution in [0.3, 0.4) is 0 Å². The Labute approximate surface area is 224 Å². The smallest absolute Gasteiger partial charge is 0.417 e. The number of halogens is 4. The molecule has 0 unspecified atom stereocenters. The third-order valence-corrected chi connectivity index (χ3v) is 6.78. The normalized spacial score (nSPS) is 17.8. The van der Waals surface area contributed by atoms with E-state index in [-0.39, 0.29) is 23.8 Å². The number of pyridine rings is 1. The number of hydrogen-bond acceptors (Lipinski definition) is 5. The standard InChI is InChI=1S/C29H28F4N4O2/c1-18-16-37(17-19(2)36(18)3)26-12-9-21(6-5-20-7-10-22(30)11-8-20)13-25(26)35-28(38)23-15-34-27(39-4)14-24(23)29(31,32)33/h7-15,18-19H,16-17H2,1-4H3,(H,35,38)/t18-,19+. The highest BCUT2D eigenvalue weighted by atomic mass is 19.4. The van der Waals surface area contributed by atoms with Gasteiger partial charge in [0.25, 0.3) is 5.91 Å². The lowest BCUT2D eigenvalue weighted by Crippen LogP contribution is -2.55. The summed E-state index contributed by atoms with van der Waals surface area (Å²) in [6.45, 7) is 5.48. The number of piperazine rings is 1. The van der Waals surface area contributed by atoms with Crippen molar-refractivity contribution in [3.63, 3.8) is 0 Å². The molecule has 0 spiro atoms. The van der Waals surface area contributed by atoms with Crippen molar-refractivity contribution in [2.75, 3.05) is 37.5 Å². The maximum atomic E-state index is 13.8. The van der Waals surface area contributed by atoms with E-state index in [1.54, 1.807) is 30.3 Å². The molecule has 0 aliphatic carbocycles. The first kappa shape index (κ1) is 27.9. The summed E-state index contributed by atoms with van der Waals surface area (Å²) >= 11 is 0. The molecule has 1 aromatic heterocycles. The average Bonchev–Trinajstić information content (AvgIpc) is 2.90.